The smallest absolute Gasteiger partial charge is 0.243 e. The molecule has 2 amide bonds. The predicted molar refractivity (Wildman–Crippen MR) is 109 cm³/mol. The number of amides is 2. The van der Waals surface area contributed by atoms with Crippen LogP contribution in [0.3, 0.4) is 0 Å². The van der Waals surface area contributed by atoms with E-state index in [0.29, 0.717) is 24.7 Å². The molecule has 1 aliphatic heterocycles. The molecule has 8 heteroatoms. The third-order valence-corrected chi connectivity index (χ3v) is 6.75. The van der Waals surface area contributed by atoms with E-state index in [2.05, 4.69) is 17.6 Å². The molecule has 0 unspecified atom stereocenters. The molecule has 1 heterocycles. The fraction of sp³-hybridized carbons (Fsp3) is 0.600. The summed E-state index contributed by atoms with van der Waals surface area (Å²) in [4.78, 5) is 24.0. The number of piperidine rings is 1. The lowest BCUT2D eigenvalue weighted by molar-refractivity contribution is -0.128. The Morgan fingerprint density at radius 1 is 1.11 bits per heavy atom. The Bertz CT molecular complexity index is 790. The standard InChI is InChI=1S/C20H31N3O4S/c1-15-10-13-23(14-11-15)28(26,27)17-7-5-16(6-8-17)22-18(24)9-12-21-19(25)20(2,3)4/h5-8,15H,9-14H2,1-4H3,(H,21,25)(H,22,24). The highest BCUT2D eigenvalue weighted by Gasteiger charge is 2.28. The van der Waals surface area contributed by atoms with E-state index in [1.165, 1.54) is 16.4 Å². The minimum atomic E-state index is -3.50. The largest absolute Gasteiger partial charge is 0.355 e. The van der Waals surface area contributed by atoms with E-state index in [1.54, 1.807) is 12.1 Å². The second-order valence-corrected chi connectivity index (χ2v) is 10.4. The minimum Gasteiger partial charge on any atom is -0.355 e. The molecule has 28 heavy (non-hydrogen) atoms. The van der Waals surface area contributed by atoms with Gasteiger partial charge in [0.25, 0.3) is 0 Å². The van der Waals surface area contributed by atoms with Crippen LogP contribution in [0.5, 0.6) is 0 Å². The Kier molecular flexibility index (Phi) is 7.22. The minimum absolute atomic E-state index is 0.109. The van der Waals surface area contributed by atoms with E-state index in [4.69, 9.17) is 0 Å². The summed E-state index contributed by atoms with van der Waals surface area (Å²) >= 11 is 0. The van der Waals surface area contributed by atoms with Gasteiger partial charge >= 0.3 is 0 Å². The summed E-state index contributed by atoms with van der Waals surface area (Å²) in [6, 6.07) is 6.21. The number of hydrogen-bond acceptors (Lipinski definition) is 4. The van der Waals surface area contributed by atoms with Crippen molar-refractivity contribution in [3.05, 3.63) is 24.3 Å². The first-order chi connectivity index (χ1) is 13.0. The van der Waals surface area contributed by atoms with Crippen LogP contribution in [-0.4, -0.2) is 44.2 Å². The van der Waals surface area contributed by atoms with Crippen molar-refractivity contribution in [3.63, 3.8) is 0 Å². The topological polar surface area (TPSA) is 95.6 Å². The van der Waals surface area contributed by atoms with Crippen LogP contribution in [0.4, 0.5) is 5.69 Å². The molecule has 0 radical (unpaired) electrons. The number of nitrogens with one attached hydrogen (secondary N) is 2. The van der Waals surface area contributed by atoms with Gasteiger partial charge in [0.2, 0.25) is 21.8 Å². The van der Waals surface area contributed by atoms with Gasteiger partial charge in [-0.15, -0.1) is 0 Å². The van der Waals surface area contributed by atoms with E-state index < -0.39 is 15.4 Å². The van der Waals surface area contributed by atoms with Crippen molar-refractivity contribution >= 4 is 27.5 Å². The monoisotopic (exact) mass is 409 g/mol. The lowest BCUT2D eigenvalue weighted by Crippen LogP contribution is -2.37. The Hall–Kier alpha value is -1.93. The number of hydrogen-bond donors (Lipinski definition) is 2. The van der Waals surface area contributed by atoms with Crippen molar-refractivity contribution in [3.8, 4) is 0 Å². The van der Waals surface area contributed by atoms with E-state index in [1.807, 2.05) is 20.8 Å². The van der Waals surface area contributed by atoms with Gasteiger partial charge in [0.05, 0.1) is 4.90 Å². The van der Waals surface area contributed by atoms with E-state index in [-0.39, 0.29) is 29.7 Å². The first-order valence-corrected chi connectivity index (χ1v) is 11.1. The molecule has 0 spiro atoms. The normalized spacial score (nSPS) is 16.6. The van der Waals surface area contributed by atoms with Crippen LogP contribution < -0.4 is 10.6 Å². The number of rotatable bonds is 6. The maximum absolute atomic E-state index is 12.7. The molecular formula is C20H31N3O4S. The Labute approximate surface area is 167 Å². The van der Waals surface area contributed by atoms with Crippen LogP contribution in [0.1, 0.15) is 47.0 Å². The van der Waals surface area contributed by atoms with Crippen molar-refractivity contribution in [1.29, 1.82) is 0 Å². The summed E-state index contributed by atoms with van der Waals surface area (Å²) in [5, 5.41) is 5.44. The molecule has 156 valence electrons. The van der Waals surface area contributed by atoms with Gasteiger partial charge in [-0.3, -0.25) is 9.59 Å². The lowest BCUT2D eigenvalue weighted by Gasteiger charge is -2.29. The van der Waals surface area contributed by atoms with E-state index in [9.17, 15) is 18.0 Å². The molecule has 1 aliphatic rings. The summed E-state index contributed by atoms with van der Waals surface area (Å²) in [6.07, 6.45) is 1.89. The quantitative estimate of drug-likeness (QED) is 0.755. The molecule has 0 aromatic heterocycles. The maximum Gasteiger partial charge on any atom is 0.243 e. The number of nitrogens with zero attached hydrogens (tertiary/aromatic N) is 1. The average Bonchev–Trinajstić information content (AvgIpc) is 2.61. The average molecular weight is 410 g/mol. The van der Waals surface area contributed by atoms with Crippen LogP contribution in [-0.2, 0) is 19.6 Å². The number of carbonyl (C=O) groups excluding carboxylic acids is 2. The SMILES string of the molecule is CC1CCN(S(=O)(=O)c2ccc(NC(=O)CCNC(=O)C(C)(C)C)cc2)CC1. The van der Waals surface area contributed by atoms with Crippen molar-refractivity contribution in [1.82, 2.24) is 9.62 Å². The molecular weight excluding hydrogens is 378 g/mol. The molecule has 0 saturated carbocycles. The van der Waals surface area contributed by atoms with Gasteiger partial charge < -0.3 is 10.6 Å². The van der Waals surface area contributed by atoms with Crippen molar-refractivity contribution in [2.45, 2.75) is 51.9 Å². The highest BCUT2D eigenvalue weighted by Crippen LogP contribution is 2.24. The highest BCUT2D eigenvalue weighted by atomic mass is 32.2. The van der Waals surface area contributed by atoms with Gasteiger partial charge in [0, 0.05) is 37.2 Å². The second kappa shape index (κ2) is 9.05. The van der Waals surface area contributed by atoms with Crippen LogP contribution in [0.2, 0.25) is 0 Å². The van der Waals surface area contributed by atoms with Crippen LogP contribution in [0.25, 0.3) is 0 Å². The second-order valence-electron chi connectivity index (χ2n) is 8.42. The summed E-state index contributed by atoms with van der Waals surface area (Å²) in [7, 11) is -3.50. The molecule has 1 saturated heterocycles. The molecule has 7 nitrogen and oxygen atoms in total. The molecule has 1 fully saturated rings. The molecule has 1 aromatic carbocycles. The fourth-order valence-electron chi connectivity index (χ4n) is 2.86. The lowest BCUT2D eigenvalue weighted by atomic mass is 9.96. The zero-order chi connectivity index (χ0) is 20.9. The van der Waals surface area contributed by atoms with Crippen LogP contribution in [0, 0.1) is 11.3 Å². The van der Waals surface area contributed by atoms with Gasteiger partial charge in [0.15, 0.2) is 0 Å². The maximum atomic E-state index is 12.7. The van der Waals surface area contributed by atoms with Crippen LogP contribution >= 0.6 is 0 Å². The predicted octanol–water partition coefficient (Wildman–Crippen LogP) is 2.60. The van der Waals surface area contributed by atoms with Gasteiger partial charge in [-0.1, -0.05) is 27.7 Å². The zero-order valence-electron chi connectivity index (χ0n) is 17.1. The van der Waals surface area contributed by atoms with Crippen molar-refractivity contribution < 1.29 is 18.0 Å². The Morgan fingerprint density at radius 3 is 2.21 bits per heavy atom. The molecule has 0 atom stereocenters. The van der Waals surface area contributed by atoms with E-state index in [0.717, 1.165) is 12.8 Å². The summed E-state index contributed by atoms with van der Waals surface area (Å²) < 4.78 is 27.0. The zero-order valence-corrected chi connectivity index (χ0v) is 17.9. The number of benzene rings is 1. The first kappa shape index (κ1) is 22.4. The van der Waals surface area contributed by atoms with Crippen molar-refractivity contribution in [2.24, 2.45) is 11.3 Å². The molecule has 2 N–H and O–H groups in total. The molecule has 0 aliphatic carbocycles. The Balaban J connectivity index is 1.88. The summed E-state index contributed by atoms with van der Waals surface area (Å²) in [5.74, 6) is 0.203. The van der Waals surface area contributed by atoms with E-state index >= 15 is 0 Å². The molecule has 0 bridgehead atoms. The summed E-state index contributed by atoms with van der Waals surface area (Å²) in [6.45, 7) is 8.90. The third kappa shape index (κ3) is 6.04. The van der Waals surface area contributed by atoms with Gasteiger partial charge in [-0.2, -0.15) is 4.31 Å². The summed E-state index contributed by atoms with van der Waals surface area (Å²) in [5.41, 5.74) is 0.0304. The van der Waals surface area contributed by atoms with Crippen molar-refractivity contribution in [2.75, 3.05) is 25.0 Å². The van der Waals surface area contributed by atoms with Crippen LogP contribution in [0.15, 0.2) is 29.2 Å². The Morgan fingerprint density at radius 2 is 1.68 bits per heavy atom. The van der Waals surface area contributed by atoms with Gasteiger partial charge in [0.1, 0.15) is 0 Å². The number of carbonyl (C=O) groups is 2. The fourth-order valence-corrected chi connectivity index (χ4v) is 4.33. The highest BCUT2D eigenvalue weighted by molar-refractivity contribution is 7.89. The third-order valence-electron chi connectivity index (χ3n) is 4.84. The van der Waals surface area contributed by atoms with Gasteiger partial charge in [-0.25, -0.2) is 8.42 Å². The number of anilines is 1. The molecule has 2 rings (SSSR count). The first-order valence-electron chi connectivity index (χ1n) is 9.68. The molecule has 1 aromatic rings. The van der Waals surface area contributed by atoms with Gasteiger partial charge in [-0.05, 0) is 43.0 Å². The number of sulfonamides is 1.